The number of rotatable bonds is 5. The molecule has 1 aliphatic rings. The van der Waals surface area contributed by atoms with Gasteiger partial charge in [-0.3, -0.25) is 9.48 Å². The first-order chi connectivity index (χ1) is 9.95. The van der Waals surface area contributed by atoms with Crippen LogP contribution in [0.2, 0.25) is 0 Å². The Balaban J connectivity index is 1.84. The van der Waals surface area contributed by atoms with Crippen molar-refractivity contribution >= 4 is 5.91 Å². The van der Waals surface area contributed by atoms with Crippen molar-refractivity contribution < 1.29 is 9.53 Å². The fourth-order valence-corrected chi connectivity index (χ4v) is 2.87. The molecule has 0 bridgehead atoms. The third-order valence-corrected chi connectivity index (χ3v) is 3.66. The Hall–Kier alpha value is -1.40. The number of hydrogen-bond acceptors (Lipinski definition) is 4. The molecule has 6 heteroatoms. The van der Waals surface area contributed by atoms with Crippen LogP contribution in [0.5, 0.6) is 0 Å². The van der Waals surface area contributed by atoms with Crippen LogP contribution in [0.3, 0.4) is 0 Å². The molecule has 6 nitrogen and oxygen atoms in total. The van der Waals surface area contributed by atoms with E-state index < -0.39 is 0 Å². The fraction of sp³-hybridized carbons (Fsp3) is 0.733. The van der Waals surface area contributed by atoms with Gasteiger partial charge in [-0.2, -0.15) is 5.10 Å². The maximum absolute atomic E-state index is 12.5. The summed E-state index contributed by atoms with van der Waals surface area (Å²) in [6, 6.07) is 1.88. The van der Waals surface area contributed by atoms with Gasteiger partial charge in [-0.25, -0.2) is 0 Å². The summed E-state index contributed by atoms with van der Waals surface area (Å²) in [4.78, 5) is 14.4. The van der Waals surface area contributed by atoms with Gasteiger partial charge in [-0.1, -0.05) is 0 Å². The highest BCUT2D eigenvalue weighted by molar-refractivity contribution is 5.81. The molecular weight excluding hydrogens is 268 g/mol. The Bertz CT molecular complexity index is 439. The molecule has 0 saturated carbocycles. The molecule has 0 aliphatic carbocycles. The van der Waals surface area contributed by atoms with E-state index >= 15 is 0 Å². The van der Waals surface area contributed by atoms with Gasteiger partial charge in [0.2, 0.25) is 5.91 Å². The summed E-state index contributed by atoms with van der Waals surface area (Å²) in [6.45, 7) is 10.1. The van der Waals surface area contributed by atoms with Gasteiger partial charge in [0, 0.05) is 31.5 Å². The van der Waals surface area contributed by atoms with E-state index in [1.807, 2.05) is 42.6 Å². The molecule has 2 heterocycles. The largest absolute Gasteiger partial charge is 0.372 e. The van der Waals surface area contributed by atoms with Crippen LogP contribution in [0, 0.1) is 0 Å². The Morgan fingerprint density at radius 2 is 2.05 bits per heavy atom. The minimum absolute atomic E-state index is 0.103. The van der Waals surface area contributed by atoms with E-state index in [1.165, 1.54) is 0 Å². The molecule has 1 saturated heterocycles. The predicted octanol–water partition coefficient (Wildman–Crippen LogP) is 0.885. The Kier molecular flexibility index (Phi) is 5.36. The molecule has 1 fully saturated rings. The van der Waals surface area contributed by atoms with Gasteiger partial charge in [0.15, 0.2) is 0 Å². The number of morpholine rings is 1. The quantitative estimate of drug-likeness (QED) is 0.876. The van der Waals surface area contributed by atoms with Gasteiger partial charge in [0.1, 0.15) is 0 Å². The minimum atomic E-state index is -0.201. The van der Waals surface area contributed by atoms with E-state index in [4.69, 9.17) is 4.74 Å². The van der Waals surface area contributed by atoms with Crippen LogP contribution < -0.4 is 5.32 Å². The van der Waals surface area contributed by atoms with Crippen LogP contribution in [-0.2, 0) is 16.1 Å². The Labute approximate surface area is 126 Å². The zero-order valence-corrected chi connectivity index (χ0v) is 13.3. The fourth-order valence-electron chi connectivity index (χ4n) is 2.87. The average Bonchev–Trinajstić information content (AvgIpc) is 2.89. The maximum Gasteiger partial charge on any atom is 0.239 e. The molecule has 0 aromatic carbocycles. The molecule has 118 valence electrons. The zero-order valence-electron chi connectivity index (χ0n) is 13.3. The van der Waals surface area contributed by atoms with Gasteiger partial charge in [-0.05, 0) is 33.8 Å². The summed E-state index contributed by atoms with van der Waals surface area (Å²) in [7, 11) is 0. The van der Waals surface area contributed by atoms with Gasteiger partial charge in [-0.15, -0.1) is 0 Å². The van der Waals surface area contributed by atoms with Crippen LogP contribution in [0.15, 0.2) is 18.5 Å². The van der Waals surface area contributed by atoms with Crippen LogP contribution in [-0.4, -0.2) is 58.0 Å². The highest BCUT2D eigenvalue weighted by Crippen LogP contribution is 2.12. The van der Waals surface area contributed by atoms with Crippen molar-refractivity contribution in [2.45, 2.75) is 58.5 Å². The van der Waals surface area contributed by atoms with Crippen LogP contribution in [0.4, 0.5) is 0 Å². The second kappa shape index (κ2) is 7.04. The van der Waals surface area contributed by atoms with E-state index in [0.29, 0.717) is 13.1 Å². The lowest BCUT2D eigenvalue weighted by molar-refractivity contribution is -0.145. The molecule has 0 spiro atoms. The van der Waals surface area contributed by atoms with Gasteiger partial charge in [0.05, 0.1) is 24.8 Å². The number of nitrogens with one attached hydrogen (secondary N) is 1. The lowest BCUT2D eigenvalue weighted by Gasteiger charge is -2.37. The first-order valence-electron chi connectivity index (χ1n) is 7.63. The van der Waals surface area contributed by atoms with Gasteiger partial charge in [0.25, 0.3) is 0 Å². The molecule has 0 unspecified atom stereocenters. The smallest absolute Gasteiger partial charge is 0.239 e. The molecule has 1 aromatic heterocycles. The summed E-state index contributed by atoms with van der Waals surface area (Å²) in [6.07, 6.45) is 3.89. The lowest BCUT2D eigenvalue weighted by Crippen LogP contribution is -2.54. The summed E-state index contributed by atoms with van der Waals surface area (Å²) < 4.78 is 7.54. The normalized spacial score (nSPS) is 25.6. The third-order valence-electron chi connectivity index (χ3n) is 3.66. The molecule has 0 radical (unpaired) electrons. The van der Waals surface area contributed by atoms with Crippen molar-refractivity contribution in [1.82, 2.24) is 20.0 Å². The number of amides is 1. The molecule has 2 rings (SSSR count). The van der Waals surface area contributed by atoms with Crippen molar-refractivity contribution in [2.75, 3.05) is 13.1 Å². The predicted molar refractivity (Wildman–Crippen MR) is 80.9 cm³/mol. The van der Waals surface area contributed by atoms with E-state index in [0.717, 1.165) is 6.54 Å². The van der Waals surface area contributed by atoms with Crippen molar-refractivity contribution in [3.8, 4) is 0 Å². The number of ether oxygens (including phenoxy) is 1. The SMILES string of the molecule is C[C@H](Cn1cccn1)N[C@@H](C)C(=O)N1C[C@@H](C)O[C@@H](C)C1. The maximum atomic E-state index is 12.5. The van der Waals surface area contributed by atoms with E-state index in [9.17, 15) is 4.79 Å². The summed E-state index contributed by atoms with van der Waals surface area (Å²) in [5.41, 5.74) is 0. The molecule has 21 heavy (non-hydrogen) atoms. The first-order valence-corrected chi connectivity index (χ1v) is 7.63. The number of aromatic nitrogens is 2. The van der Waals surface area contributed by atoms with Crippen molar-refractivity contribution in [3.63, 3.8) is 0 Å². The number of nitrogens with zero attached hydrogens (tertiary/aromatic N) is 3. The van der Waals surface area contributed by atoms with Crippen LogP contribution in [0.1, 0.15) is 27.7 Å². The third kappa shape index (κ3) is 4.54. The number of carbonyl (C=O) groups excluding carboxylic acids is 1. The highest BCUT2D eigenvalue weighted by Gasteiger charge is 2.29. The van der Waals surface area contributed by atoms with E-state index in [-0.39, 0.29) is 30.2 Å². The average molecular weight is 294 g/mol. The Morgan fingerprint density at radius 3 is 2.62 bits per heavy atom. The monoisotopic (exact) mass is 294 g/mol. The van der Waals surface area contributed by atoms with Crippen LogP contribution in [0.25, 0.3) is 0 Å². The van der Waals surface area contributed by atoms with Crippen LogP contribution >= 0.6 is 0 Å². The van der Waals surface area contributed by atoms with E-state index in [1.54, 1.807) is 6.20 Å². The number of carbonyl (C=O) groups is 1. The van der Waals surface area contributed by atoms with E-state index in [2.05, 4.69) is 17.3 Å². The van der Waals surface area contributed by atoms with Crippen molar-refractivity contribution in [2.24, 2.45) is 0 Å². The summed E-state index contributed by atoms with van der Waals surface area (Å²) in [5, 5.41) is 7.53. The number of hydrogen-bond donors (Lipinski definition) is 1. The molecule has 4 atom stereocenters. The summed E-state index contributed by atoms with van der Waals surface area (Å²) in [5.74, 6) is 0.143. The van der Waals surface area contributed by atoms with Crippen molar-refractivity contribution in [1.29, 1.82) is 0 Å². The second-order valence-electron chi connectivity index (χ2n) is 6.02. The van der Waals surface area contributed by atoms with Crippen molar-refractivity contribution in [3.05, 3.63) is 18.5 Å². The molecule has 1 aliphatic heterocycles. The minimum Gasteiger partial charge on any atom is -0.372 e. The zero-order chi connectivity index (χ0) is 15.4. The molecule has 1 N–H and O–H groups in total. The first kappa shape index (κ1) is 16.0. The molecular formula is C15H26N4O2. The lowest BCUT2D eigenvalue weighted by atomic mass is 10.2. The standard InChI is InChI=1S/C15H26N4O2/c1-11(8-19-7-5-6-16-19)17-14(4)15(20)18-9-12(2)21-13(3)10-18/h5-7,11-14,17H,8-10H2,1-4H3/t11-,12-,13+,14+/m1/s1. The second-order valence-corrected chi connectivity index (χ2v) is 6.02. The van der Waals surface area contributed by atoms with Gasteiger partial charge >= 0.3 is 0 Å². The Morgan fingerprint density at radius 1 is 1.38 bits per heavy atom. The van der Waals surface area contributed by atoms with Gasteiger partial charge < -0.3 is 15.0 Å². The summed E-state index contributed by atoms with van der Waals surface area (Å²) >= 11 is 0. The molecule has 1 aromatic rings. The molecule has 1 amide bonds. The highest BCUT2D eigenvalue weighted by atomic mass is 16.5. The topological polar surface area (TPSA) is 59.4 Å².